The molecule has 0 amide bonds. The van der Waals surface area contributed by atoms with Crippen LogP contribution in [0.5, 0.6) is 0 Å². The van der Waals surface area contributed by atoms with E-state index >= 15 is 0 Å². The minimum absolute atomic E-state index is 0.0445. The van der Waals surface area contributed by atoms with Gasteiger partial charge in [0.2, 0.25) is 0 Å². The first-order valence-corrected chi connectivity index (χ1v) is 18.9. The van der Waals surface area contributed by atoms with Crippen LogP contribution in [0, 0.1) is 11.8 Å². The van der Waals surface area contributed by atoms with Gasteiger partial charge in [0.25, 0.3) is 6.71 Å². The summed E-state index contributed by atoms with van der Waals surface area (Å²) >= 11 is 0. The molecule has 1 saturated carbocycles. The lowest BCUT2D eigenvalue weighted by Gasteiger charge is -2.48. The zero-order chi connectivity index (χ0) is 34.8. The molecule has 4 aromatic rings. The molecular formula is C46H55BN2. The van der Waals surface area contributed by atoms with Crippen LogP contribution < -0.4 is 26.2 Å². The molecule has 2 nitrogen and oxygen atoms in total. The molecular weight excluding hydrogens is 591 g/mol. The molecule has 0 N–H and O–H groups in total. The molecule has 2 bridgehead atoms. The van der Waals surface area contributed by atoms with Crippen LogP contribution in [0.3, 0.4) is 0 Å². The highest BCUT2D eigenvalue weighted by Gasteiger charge is 2.48. The van der Waals surface area contributed by atoms with Gasteiger partial charge in [0.15, 0.2) is 0 Å². The van der Waals surface area contributed by atoms with E-state index in [0.717, 1.165) is 0 Å². The van der Waals surface area contributed by atoms with Crippen LogP contribution in [-0.2, 0) is 16.2 Å². The van der Waals surface area contributed by atoms with Crippen molar-refractivity contribution >= 4 is 51.5 Å². The molecule has 0 radical (unpaired) electrons. The van der Waals surface area contributed by atoms with Crippen LogP contribution in [0.15, 0.2) is 84.9 Å². The standard InChI is InChI=1S/C46H55BN2/c1-28(2)31-23-41-43-42(24-31)49(40-22-29-15-16-30(40)21-29)39-20-18-34(46(9,10)11)27-37(39)47(43)36-26-33(45(6,7)8)17-19-38(36)48(41)35-14-12-13-32(25-35)44(3,4)5/h12-20,23-30,40H,21-22H2,1-11H3. The van der Waals surface area contributed by atoms with E-state index in [1.807, 2.05) is 0 Å². The van der Waals surface area contributed by atoms with Crippen molar-refractivity contribution in [1.82, 2.24) is 0 Å². The molecule has 4 aromatic carbocycles. The number of allylic oxidation sites excluding steroid dienone is 1. The zero-order valence-electron chi connectivity index (χ0n) is 31.8. The highest BCUT2D eigenvalue weighted by molar-refractivity contribution is 7.00. The van der Waals surface area contributed by atoms with Gasteiger partial charge in [0, 0.05) is 34.5 Å². The largest absolute Gasteiger partial charge is 0.339 e. The number of nitrogens with zero attached hydrogens (tertiary/aromatic N) is 2. The zero-order valence-corrected chi connectivity index (χ0v) is 31.8. The lowest BCUT2D eigenvalue weighted by Crippen LogP contribution is -2.63. The second-order valence-electron chi connectivity index (χ2n) is 19.0. The predicted octanol–water partition coefficient (Wildman–Crippen LogP) is 10.4. The van der Waals surface area contributed by atoms with Crippen LogP contribution in [0.1, 0.15) is 117 Å². The maximum Gasteiger partial charge on any atom is 0.252 e. The Morgan fingerprint density at radius 2 is 1.20 bits per heavy atom. The van der Waals surface area contributed by atoms with E-state index in [4.69, 9.17) is 0 Å². The predicted molar refractivity (Wildman–Crippen MR) is 214 cm³/mol. The maximum absolute atomic E-state index is 2.82. The summed E-state index contributed by atoms with van der Waals surface area (Å²) < 4.78 is 0. The van der Waals surface area contributed by atoms with E-state index in [1.165, 1.54) is 79.9 Å². The van der Waals surface area contributed by atoms with E-state index in [9.17, 15) is 0 Å². The fraction of sp³-hybridized carbons (Fsp3) is 0.435. The molecule has 0 aromatic heterocycles. The monoisotopic (exact) mass is 646 g/mol. The minimum Gasteiger partial charge on any atom is -0.339 e. The van der Waals surface area contributed by atoms with E-state index in [-0.39, 0.29) is 23.0 Å². The normalized spacial score (nSPS) is 21.0. The molecule has 2 aliphatic heterocycles. The summed E-state index contributed by atoms with van der Waals surface area (Å²) in [5, 5.41) is 0. The molecule has 252 valence electrons. The Morgan fingerprint density at radius 3 is 1.78 bits per heavy atom. The lowest BCUT2D eigenvalue weighted by atomic mass is 9.33. The smallest absolute Gasteiger partial charge is 0.252 e. The first-order chi connectivity index (χ1) is 23.0. The van der Waals surface area contributed by atoms with Gasteiger partial charge in [0.1, 0.15) is 0 Å². The van der Waals surface area contributed by atoms with Crippen molar-refractivity contribution in [2.75, 3.05) is 9.80 Å². The van der Waals surface area contributed by atoms with Crippen molar-refractivity contribution in [3.63, 3.8) is 0 Å². The Labute approximate surface area is 296 Å². The van der Waals surface area contributed by atoms with Crippen molar-refractivity contribution < 1.29 is 0 Å². The Bertz CT molecular complexity index is 2000. The molecule has 8 rings (SSSR count). The fourth-order valence-electron chi connectivity index (χ4n) is 9.12. The third-order valence-electron chi connectivity index (χ3n) is 12.1. The molecule has 2 heterocycles. The highest BCUT2D eigenvalue weighted by atomic mass is 15.2. The van der Waals surface area contributed by atoms with E-state index in [2.05, 4.69) is 171 Å². The molecule has 4 aliphatic rings. The third kappa shape index (κ3) is 5.21. The minimum atomic E-state index is 0.0445. The second-order valence-corrected chi connectivity index (χ2v) is 19.0. The van der Waals surface area contributed by atoms with Gasteiger partial charge in [-0.3, -0.25) is 0 Å². The highest BCUT2D eigenvalue weighted by Crippen LogP contribution is 2.50. The topological polar surface area (TPSA) is 6.48 Å². The van der Waals surface area contributed by atoms with Crippen LogP contribution in [-0.4, -0.2) is 12.8 Å². The summed E-state index contributed by atoms with van der Waals surface area (Å²) in [5.41, 5.74) is 16.9. The van der Waals surface area contributed by atoms with Gasteiger partial charge in [-0.1, -0.05) is 125 Å². The summed E-state index contributed by atoms with van der Waals surface area (Å²) in [7, 11) is 0. The van der Waals surface area contributed by atoms with Gasteiger partial charge >= 0.3 is 0 Å². The maximum atomic E-state index is 2.82. The first-order valence-electron chi connectivity index (χ1n) is 18.9. The number of fused-ring (bicyclic) bond motifs is 6. The summed E-state index contributed by atoms with van der Waals surface area (Å²) in [4.78, 5) is 5.44. The summed E-state index contributed by atoms with van der Waals surface area (Å²) in [6, 6.07) is 29.8. The quantitative estimate of drug-likeness (QED) is 0.142. The van der Waals surface area contributed by atoms with Crippen LogP contribution in [0.4, 0.5) is 28.4 Å². The van der Waals surface area contributed by atoms with Crippen molar-refractivity contribution in [2.24, 2.45) is 11.8 Å². The summed E-state index contributed by atoms with van der Waals surface area (Å²) in [5.74, 6) is 1.71. The number of rotatable bonds is 3. The number of hydrogen-bond donors (Lipinski definition) is 0. The summed E-state index contributed by atoms with van der Waals surface area (Å²) in [6.07, 6.45) is 7.54. The average molecular weight is 647 g/mol. The van der Waals surface area contributed by atoms with Gasteiger partial charge in [-0.2, -0.15) is 0 Å². The Hall–Kier alpha value is -3.72. The van der Waals surface area contributed by atoms with Gasteiger partial charge < -0.3 is 9.80 Å². The molecule has 0 saturated heterocycles. The van der Waals surface area contributed by atoms with Crippen molar-refractivity contribution in [1.29, 1.82) is 0 Å². The van der Waals surface area contributed by atoms with Crippen LogP contribution in [0.25, 0.3) is 0 Å². The molecule has 1 fully saturated rings. The van der Waals surface area contributed by atoms with Crippen molar-refractivity contribution in [2.45, 2.75) is 117 Å². The summed E-state index contributed by atoms with van der Waals surface area (Å²) in [6.45, 7) is 26.0. The van der Waals surface area contributed by atoms with Gasteiger partial charge in [-0.15, -0.1) is 0 Å². The molecule has 3 unspecified atom stereocenters. The Balaban J connectivity index is 1.48. The van der Waals surface area contributed by atoms with Crippen LogP contribution in [0.2, 0.25) is 0 Å². The second kappa shape index (κ2) is 10.9. The third-order valence-corrected chi connectivity index (χ3v) is 12.1. The molecule has 49 heavy (non-hydrogen) atoms. The van der Waals surface area contributed by atoms with E-state index in [1.54, 1.807) is 0 Å². The van der Waals surface area contributed by atoms with E-state index in [0.29, 0.717) is 23.8 Å². The first kappa shape index (κ1) is 32.5. The SMILES string of the molecule is CC(C)c1cc2c3c(c1)N(C1CC4C=CC1C4)c1ccc(C(C)(C)C)cc1B3c1cc(C(C)(C)C)ccc1N2c1cccc(C(C)(C)C)c1. The fourth-order valence-corrected chi connectivity index (χ4v) is 9.12. The Kier molecular flexibility index (Phi) is 7.22. The molecule has 0 spiro atoms. The van der Waals surface area contributed by atoms with Gasteiger partial charge in [-0.05, 0) is 122 Å². The molecule has 3 atom stereocenters. The van der Waals surface area contributed by atoms with Crippen molar-refractivity contribution in [3.8, 4) is 0 Å². The molecule has 3 heteroatoms. The molecule has 2 aliphatic carbocycles. The van der Waals surface area contributed by atoms with Gasteiger partial charge in [-0.25, -0.2) is 0 Å². The average Bonchev–Trinajstić information content (AvgIpc) is 3.67. The Morgan fingerprint density at radius 1 is 0.612 bits per heavy atom. The van der Waals surface area contributed by atoms with Crippen molar-refractivity contribution in [3.05, 3.63) is 107 Å². The number of benzene rings is 4. The van der Waals surface area contributed by atoms with Gasteiger partial charge in [0.05, 0.1) is 0 Å². The lowest BCUT2D eigenvalue weighted by molar-refractivity contribution is 0.561. The number of anilines is 5. The van der Waals surface area contributed by atoms with Crippen LogP contribution >= 0.6 is 0 Å². The van der Waals surface area contributed by atoms with E-state index < -0.39 is 0 Å². The number of hydrogen-bond acceptors (Lipinski definition) is 2.